The van der Waals surface area contributed by atoms with Crippen molar-refractivity contribution in [3.8, 4) is 0 Å². The van der Waals surface area contributed by atoms with Crippen LogP contribution in [0.1, 0.15) is 25.7 Å². The number of hydrogen-bond donors (Lipinski definition) is 1. The van der Waals surface area contributed by atoms with Crippen molar-refractivity contribution in [2.75, 3.05) is 18.0 Å². The van der Waals surface area contributed by atoms with E-state index < -0.39 is 0 Å². The fourth-order valence-corrected chi connectivity index (χ4v) is 2.18. The van der Waals surface area contributed by atoms with Crippen LogP contribution in [0.3, 0.4) is 0 Å². The average molecular weight is 206 g/mol. The highest BCUT2D eigenvalue weighted by Gasteiger charge is 2.20. The van der Waals surface area contributed by atoms with E-state index in [1.165, 1.54) is 25.7 Å². The molecule has 1 aliphatic rings. The van der Waals surface area contributed by atoms with Crippen molar-refractivity contribution in [1.82, 2.24) is 9.97 Å². The summed E-state index contributed by atoms with van der Waals surface area (Å²) < 4.78 is 0. The Hall–Kier alpha value is -1.16. The molecule has 1 atom stereocenters. The maximum absolute atomic E-state index is 5.82. The van der Waals surface area contributed by atoms with Crippen LogP contribution >= 0.6 is 0 Å². The average Bonchev–Trinajstić information content (AvgIpc) is 2.55. The third-order valence-corrected chi connectivity index (χ3v) is 3.01. The maximum atomic E-state index is 5.82. The molecule has 0 spiro atoms. The summed E-state index contributed by atoms with van der Waals surface area (Å²) in [6.07, 6.45) is 8.40. The molecule has 0 amide bonds. The summed E-state index contributed by atoms with van der Waals surface area (Å²) in [6.45, 7) is 1.78. The summed E-state index contributed by atoms with van der Waals surface area (Å²) in [5, 5.41) is 0. The van der Waals surface area contributed by atoms with Crippen LogP contribution in [0.5, 0.6) is 0 Å². The Bertz CT molecular complexity index is 288. The lowest BCUT2D eigenvalue weighted by Crippen LogP contribution is -2.40. The zero-order chi connectivity index (χ0) is 10.5. The summed E-state index contributed by atoms with van der Waals surface area (Å²) in [5.74, 6) is 1.02. The SMILES string of the molecule is NCC1CCCCCN1c1ccncn1. The Kier molecular flexibility index (Phi) is 3.50. The normalized spacial score (nSPS) is 22.5. The van der Waals surface area contributed by atoms with E-state index in [1.807, 2.05) is 6.07 Å². The lowest BCUT2D eigenvalue weighted by Gasteiger charge is -2.29. The van der Waals surface area contributed by atoms with E-state index in [0.717, 1.165) is 12.4 Å². The molecule has 1 unspecified atom stereocenters. The van der Waals surface area contributed by atoms with Crippen LogP contribution in [0.2, 0.25) is 0 Å². The van der Waals surface area contributed by atoms with Gasteiger partial charge < -0.3 is 10.6 Å². The first-order valence-corrected chi connectivity index (χ1v) is 5.64. The van der Waals surface area contributed by atoms with Crippen molar-refractivity contribution < 1.29 is 0 Å². The third-order valence-electron chi connectivity index (χ3n) is 3.01. The predicted octanol–water partition coefficient (Wildman–Crippen LogP) is 1.18. The smallest absolute Gasteiger partial charge is 0.132 e. The predicted molar refractivity (Wildman–Crippen MR) is 60.7 cm³/mol. The van der Waals surface area contributed by atoms with E-state index in [9.17, 15) is 0 Å². The number of nitrogens with zero attached hydrogens (tertiary/aromatic N) is 3. The minimum Gasteiger partial charge on any atom is -0.352 e. The highest BCUT2D eigenvalue weighted by molar-refractivity contribution is 5.38. The van der Waals surface area contributed by atoms with Crippen LogP contribution < -0.4 is 10.6 Å². The Morgan fingerprint density at radius 2 is 2.33 bits per heavy atom. The van der Waals surface area contributed by atoms with Gasteiger partial charge in [0.15, 0.2) is 0 Å². The van der Waals surface area contributed by atoms with E-state index in [2.05, 4.69) is 14.9 Å². The fourth-order valence-electron chi connectivity index (χ4n) is 2.18. The monoisotopic (exact) mass is 206 g/mol. The molecule has 4 nitrogen and oxygen atoms in total. The highest BCUT2D eigenvalue weighted by atomic mass is 15.2. The van der Waals surface area contributed by atoms with Gasteiger partial charge in [0.2, 0.25) is 0 Å². The van der Waals surface area contributed by atoms with E-state index in [0.29, 0.717) is 12.6 Å². The number of aromatic nitrogens is 2. The van der Waals surface area contributed by atoms with Gasteiger partial charge in [-0.3, -0.25) is 0 Å². The van der Waals surface area contributed by atoms with Gasteiger partial charge >= 0.3 is 0 Å². The lowest BCUT2D eigenvalue weighted by molar-refractivity contribution is 0.575. The fraction of sp³-hybridized carbons (Fsp3) is 0.636. The van der Waals surface area contributed by atoms with Gasteiger partial charge in [0.1, 0.15) is 12.1 Å². The van der Waals surface area contributed by atoms with Crippen molar-refractivity contribution in [3.63, 3.8) is 0 Å². The molecule has 1 saturated heterocycles. The molecular formula is C11H18N4. The van der Waals surface area contributed by atoms with Crippen molar-refractivity contribution in [2.24, 2.45) is 5.73 Å². The first-order valence-electron chi connectivity index (χ1n) is 5.64. The molecule has 1 aliphatic heterocycles. The molecule has 2 rings (SSSR count). The number of rotatable bonds is 2. The Morgan fingerprint density at radius 3 is 3.07 bits per heavy atom. The van der Waals surface area contributed by atoms with E-state index in [4.69, 9.17) is 5.73 Å². The van der Waals surface area contributed by atoms with Crippen molar-refractivity contribution in [2.45, 2.75) is 31.7 Å². The first kappa shape index (κ1) is 10.4. The molecule has 0 bridgehead atoms. The molecule has 1 aromatic rings. The van der Waals surface area contributed by atoms with Gasteiger partial charge in [-0.2, -0.15) is 0 Å². The second kappa shape index (κ2) is 5.07. The summed E-state index contributed by atoms with van der Waals surface area (Å²) in [7, 11) is 0. The number of anilines is 1. The van der Waals surface area contributed by atoms with E-state index >= 15 is 0 Å². The molecule has 0 saturated carbocycles. The number of hydrogen-bond acceptors (Lipinski definition) is 4. The standard InChI is InChI=1S/C11H18N4/c12-8-10-4-2-1-3-7-15(10)11-5-6-13-9-14-11/h5-6,9-10H,1-4,7-8,12H2. The molecule has 2 heterocycles. The first-order chi connectivity index (χ1) is 7.42. The zero-order valence-corrected chi connectivity index (χ0v) is 8.97. The van der Waals surface area contributed by atoms with Gasteiger partial charge in [0.05, 0.1) is 0 Å². The highest BCUT2D eigenvalue weighted by Crippen LogP contribution is 2.21. The minimum absolute atomic E-state index is 0.447. The summed E-state index contributed by atoms with van der Waals surface area (Å²) >= 11 is 0. The van der Waals surface area contributed by atoms with Crippen LogP contribution in [0.15, 0.2) is 18.6 Å². The molecule has 0 aliphatic carbocycles. The van der Waals surface area contributed by atoms with E-state index in [-0.39, 0.29) is 0 Å². The summed E-state index contributed by atoms with van der Waals surface area (Å²) in [6, 6.07) is 2.41. The second-order valence-electron chi connectivity index (χ2n) is 4.00. The molecular weight excluding hydrogens is 188 g/mol. The van der Waals surface area contributed by atoms with Gasteiger partial charge in [-0.15, -0.1) is 0 Å². The van der Waals surface area contributed by atoms with Gasteiger partial charge in [-0.05, 0) is 18.9 Å². The lowest BCUT2D eigenvalue weighted by atomic mass is 10.1. The van der Waals surface area contributed by atoms with Crippen LogP contribution in [-0.4, -0.2) is 29.1 Å². The summed E-state index contributed by atoms with van der Waals surface area (Å²) in [5.41, 5.74) is 5.82. The quantitative estimate of drug-likeness (QED) is 0.789. The van der Waals surface area contributed by atoms with Gasteiger partial charge in [0.25, 0.3) is 0 Å². The van der Waals surface area contributed by atoms with Crippen LogP contribution in [0.25, 0.3) is 0 Å². The van der Waals surface area contributed by atoms with Gasteiger partial charge in [-0.1, -0.05) is 12.8 Å². The molecule has 2 N–H and O–H groups in total. The van der Waals surface area contributed by atoms with Crippen molar-refractivity contribution in [1.29, 1.82) is 0 Å². The maximum Gasteiger partial charge on any atom is 0.132 e. The topological polar surface area (TPSA) is 55.0 Å². The Balaban J connectivity index is 2.16. The number of nitrogens with two attached hydrogens (primary N) is 1. The largest absolute Gasteiger partial charge is 0.352 e. The van der Waals surface area contributed by atoms with Gasteiger partial charge in [-0.25, -0.2) is 9.97 Å². The van der Waals surface area contributed by atoms with E-state index in [1.54, 1.807) is 12.5 Å². The molecule has 4 heteroatoms. The van der Waals surface area contributed by atoms with Crippen molar-refractivity contribution >= 4 is 5.82 Å². The van der Waals surface area contributed by atoms with Crippen LogP contribution in [0.4, 0.5) is 5.82 Å². The third kappa shape index (κ3) is 2.45. The molecule has 82 valence electrons. The Labute approximate surface area is 90.5 Å². The second-order valence-corrected chi connectivity index (χ2v) is 4.00. The van der Waals surface area contributed by atoms with Gasteiger partial charge in [0, 0.05) is 25.3 Å². The molecule has 1 aromatic heterocycles. The van der Waals surface area contributed by atoms with Crippen LogP contribution in [-0.2, 0) is 0 Å². The zero-order valence-electron chi connectivity index (χ0n) is 8.97. The molecule has 0 radical (unpaired) electrons. The minimum atomic E-state index is 0.447. The molecule has 0 aromatic carbocycles. The molecule has 15 heavy (non-hydrogen) atoms. The van der Waals surface area contributed by atoms with Crippen molar-refractivity contribution in [3.05, 3.63) is 18.6 Å². The Morgan fingerprint density at radius 1 is 1.40 bits per heavy atom. The van der Waals surface area contributed by atoms with Crippen LogP contribution in [0, 0.1) is 0 Å². The molecule has 1 fully saturated rings. The summed E-state index contributed by atoms with van der Waals surface area (Å²) in [4.78, 5) is 10.6.